The molecule has 0 saturated heterocycles. The number of phenolic OH excluding ortho intramolecular Hbond substituents is 1. The molecule has 5 amide bonds. The van der Waals surface area contributed by atoms with E-state index in [0.29, 0.717) is 12.2 Å². The molecule has 45 heavy (non-hydrogen) atoms. The summed E-state index contributed by atoms with van der Waals surface area (Å²) in [7, 11) is 0. The maximum absolute atomic E-state index is 13.6. The van der Waals surface area contributed by atoms with Crippen molar-refractivity contribution in [2.24, 2.45) is 5.92 Å². The lowest BCUT2D eigenvalue weighted by molar-refractivity contribution is -0.133. The molecule has 0 aromatic heterocycles. The smallest absolute Gasteiger partial charge is 0.255 e. The number of carbonyl (C=O) groups excluding carboxylic acids is 5. The van der Waals surface area contributed by atoms with Crippen molar-refractivity contribution >= 4 is 29.5 Å². The van der Waals surface area contributed by atoms with E-state index in [2.05, 4.69) is 26.6 Å². The molecule has 2 aromatic carbocycles. The van der Waals surface area contributed by atoms with Gasteiger partial charge in [0.15, 0.2) is 0 Å². The van der Waals surface area contributed by atoms with Gasteiger partial charge in [-0.05, 0) is 49.6 Å². The Kier molecular flexibility index (Phi) is 13.2. The molecule has 13 nitrogen and oxygen atoms in total. The molecule has 0 fully saturated rings. The van der Waals surface area contributed by atoms with Crippen LogP contribution in [0.1, 0.15) is 50.0 Å². The number of nitrogens with one attached hydrogen (secondary N) is 5. The van der Waals surface area contributed by atoms with Crippen LogP contribution in [0, 0.1) is 5.92 Å². The minimum Gasteiger partial charge on any atom is -0.508 e. The molecular formula is C32H43N5O8. The zero-order valence-electron chi connectivity index (χ0n) is 26.1. The lowest BCUT2D eigenvalue weighted by Gasteiger charge is -2.27. The van der Waals surface area contributed by atoms with Crippen molar-refractivity contribution in [3.05, 3.63) is 59.7 Å². The maximum Gasteiger partial charge on any atom is 0.255 e. The summed E-state index contributed by atoms with van der Waals surface area (Å²) in [6, 6.07) is 8.68. The number of rotatable bonds is 8. The van der Waals surface area contributed by atoms with Crippen molar-refractivity contribution in [2.75, 3.05) is 26.4 Å². The van der Waals surface area contributed by atoms with Crippen molar-refractivity contribution in [1.82, 2.24) is 26.6 Å². The van der Waals surface area contributed by atoms with Crippen molar-refractivity contribution in [3.8, 4) is 11.5 Å². The van der Waals surface area contributed by atoms with Gasteiger partial charge in [0.25, 0.3) is 5.91 Å². The number of carbonyl (C=O) groups is 5. The molecule has 0 bridgehead atoms. The molecule has 0 radical (unpaired) electrons. The second-order valence-electron chi connectivity index (χ2n) is 11.2. The SMILES string of the molecule is CCOCCNC(=O)[C@@H]1CC(=O)N[C@@H](Cc2ccc(O)cc2)C(=O)N[C@H](C(C)C)C(=O)N[C@@H](C)COc2ccccc2C(=O)N1. The van der Waals surface area contributed by atoms with Gasteiger partial charge in [-0.1, -0.05) is 38.1 Å². The number of aromatic hydroxyl groups is 1. The number of ether oxygens (including phenoxy) is 2. The average Bonchev–Trinajstić information content (AvgIpc) is 3.00. The Morgan fingerprint density at radius 1 is 1.00 bits per heavy atom. The zero-order valence-corrected chi connectivity index (χ0v) is 26.1. The van der Waals surface area contributed by atoms with Gasteiger partial charge in [-0.25, -0.2) is 0 Å². The zero-order chi connectivity index (χ0) is 32.9. The first-order valence-corrected chi connectivity index (χ1v) is 15.0. The van der Waals surface area contributed by atoms with Gasteiger partial charge in [0.2, 0.25) is 23.6 Å². The monoisotopic (exact) mass is 625 g/mol. The second kappa shape index (κ2) is 17.0. The Balaban J connectivity index is 1.97. The van der Waals surface area contributed by atoms with E-state index < -0.39 is 60.1 Å². The van der Waals surface area contributed by atoms with Gasteiger partial charge in [0, 0.05) is 19.6 Å². The molecule has 0 saturated carbocycles. The quantitative estimate of drug-likeness (QED) is 0.233. The molecule has 0 unspecified atom stereocenters. The molecule has 4 atom stereocenters. The van der Waals surface area contributed by atoms with Gasteiger partial charge >= 0.3 is 0 Å². The summed E-state index contributed by atoms with van der Waals surface area (Å²) in [5.41, 5.74) is 0.764. The predicted octanol–water partition coefficient (Wildman–Crippen LogP) is 0.799. The van der Waals surface area contributed by atoms with Crippen LogP contribution in [0.2, 0.25) is 0 Å². The maximum atomic E-state index is 13.6. The number of benzene rings is 2. The lowest BCUT2D eigenvalue weighted by Crippen LogP contribution is -2.57. The summed E-state index contributed by atoms with van der Waals surface area (Å²) in [6.07, 6.45) is -0.459. The summed E-state index contributed by atoms with van der Waals surface area (Å²) >= 11 is 0. The third-order valence-corrected chi connectivity index (χ3v) is 7.05. The van der Waals surface area contributed by atoms with Crippen LogP contribution >= 0.6 is 0 Å². The van der Waals surface area contributed by atoms with Crippen LogP contribution in [0.15, 0.2) is 48.5 Å². The first-order valence-electron chi connectivity index (χ1n) is 15.0. The predicted molar refractivity (Wildman–Crippen MR) is 165 cm³/mol. The molecular weight excluding hydrogens is 582 g/mol. The minimum absolute atomic E-state index is 0.0135. The summed E-state index contributed by atoms with van der Waals surface area (Å²) in [6.45, 7) is 7.97. The summed E-state index contributed by atoms with van der Waals surface area (Å²) < 4.78 is 11.2. The highest BCUT2D eigenvalue weighted by Crippen LogP contribution is 2.19. The van der Waals surface area contributed by atoms with Gasteiger partial charge in [-0.3, -0.25) is 24.0 Å². The van der Waals surface area contributed by atoms with E-state index in [1.807, 2.05) is 6.92 Å². The van der Waals surface area contributed by atoms with Crippen LogP contribution in [0.4, 0.5) is 0 Å². The van der Waals surface area contributed by atoms with Crippen LogP contribution in [0.5, 0.6) is 11.5 Å². The van der Waals surface area contributed by atoms with Crippen molar-refractivity contribution in [2.45, 2.75) is 64.7 Å². The third kappa shape index (κ3) is 10.8. The second-order valence-corrected chi connectivity index (χ2v) is 11.2. The van der Waals surface area contributed by atoms with Crippen LogP contribution in [-0.2, 0) is 30.3 Å². The number of para-hydroxylation sites is 1. The molecule has 244 valence electrons. The Morgan fingerprint density at radius 2 is 1.71 bits per heavy atom. The van der Waals surface area contributed by atoms with E-state index in [0.717, 1.165) is 0 Å². The first-order chi connectivity index (χ1) is 21.5. The van der Waals surface area contributed by atoms with Crippen LogP contribution < -0.4 is 31.3 Å². The highest BCUT2D eigenvalue weighted by Gasteiger charge is 2.32. The minimum atomic E-state index is -1.30. The molecule has 13 heteroatoms. The van der Waals surface area contributed by atoms with Gasteiger partial charge in [0.05, 0.1) is 24.6 Å². The number of phenols is 1. The molecule has 1 heterocycles. The van der Waals surface area contributed by atoms with Crippen molar-refractivity contribution in [3.63, 3.8) is 0 Å². The number of amides is 5. The fourth-order valence-electron chi connectivity index (χ4n) is 4.63. The van der Waals surface area contributed by atoms with Crippen LogP contribution in [0.25, 0.3) is 0 Å². The standard InChI is InChI=1S/C32H43N5O8/c1-5-44-15-14-33-30(41)25-17-27(39)35-24(16-21-10-12-22(38)13-11-21)31(42)37-28(19(2)3)32(43)34-20(4)18-45-26-9-7-6-8-23(26)29(40)36-25/h6-13,19-20,24-25,28,38H,5,14-18H2,1-4H3,(H,33,41)(H,34,43)(H,35,39)(H,36,40)(H,37,42)/t20-,24-,25-,28+/m0/s1. The molecule has 0 aliphatic carbocycles. The Bertz CT molecular complexity index is 1330. The summed E-state index contributed by atoms with van der Waals surface area (Å²) in [5, 5.41) is 23.3. The van der Waals surface area contributed by atoms with Gasteiger partial charge in [-0.15, -0.1) is 0 Å². The van der Waals surface area contributed by atoms with E-state index in [9.17, 15) is 29.1 Å². The Labute approximate surface area is 262 Å². The fourth-order valence-corrected chi connectivity index (χ4v) is 4.63. The first kappa shape index (κ1) is 34.8. The van der Waals surface area contributed by atoms with Crippen molar-refractivity contribution in [1.29, 1.82) is 0 Å². The van der Waals surface area contributed by atoms with Crippen LogP contribution in [-0.4, -0.2) is 85.2 Å². The summed E-state index contributed by atoms with van der Waals surface area (Å²) in [5.74, 6) is -3.06. The fraction of sp³-hybridized carbons (Fsp3) is 0.469. The number of hydrogen-bond acceptors (Lipinski definition) is 8. The molecule has 2 aromatic rings. The van der Waals surface area contributed by atoms with Gasteiger partial charge < -0.3 is 41.2 Å². The Morgan fingerprint density at radius 3 is 2.40 bits per heavy atom. The molecule has 6 N–H and O–H groups in total. The van der Waals surface area contributed by atoms with E-state index in [1.165, 1.54) is 18.2 Å². The van der Waals surface area contributed by atoms with Gasteiger partial charge in [0.1, 0.15) is 36.2 Å². The van der Waals surface area contributed by atoms with Crippen molar-refractivity contribution < 1.29 is 38.6 Å². The van der Waals surface area contributed by atoms with Gasteiger partial charge in [-0.2, -0.15) is 0 Å². The Hall–Kier alpha value is -4.65. The summed E-state index contributed by atoms with van der Waals surface area (Å²) in [4.78, 5) is 66.8. The third-order valence-electron chi connectivity index (χ3n) is 7.05. The highest BCUT2D eigenvalue weighted by molar-refractivity contribution is 6.01. The number of hydrogen-bond donors (Lipinski definition) is 6. The van der Waals surface area contributed by atoms with E-state index in [-0.39, 0.29) is 49.2 Å². The van der Waals surface area contributed by atoms with E-state index in [4.69, 9.17) is 9.47 Å². The largest absolute Gasteiger partial charge is 0.508 e. The van der Waals surface area contributed by atoms with E-state index >= 15 is 0 Å². The number of fused-ring (bicyclic) bond motifs is 1. The van der Waals surface area contributed by atoms with Crippen LogP contribution in [0.3, 0.4) is 0 Å². The molecule has 0 spiro atoms. The molecule has 3 rings (SSSR count). The molecule has 1 aliphatic heterocycles. The van der Waals surface area contributed by atoms with E-state index in [1.54, 1.807) is 51.1 Å². The topological polar surface area (TPSA) is 184 Å². The lowest BCUT2D eigenvalue weighted by atomic mass is 10.0. The normalized spacial score (nSPS) is 21.7. The highest BCUT2D eigenvalue weighted by atomic mass is 16.5. The molecule has 1 aliphatic rings. The average molecular weight is 626 g/mol.